The number of nitro groups is 1. The molecule has 17 heavy (non-hydrogen) atoms. The van der Waals surface area contributed by atoms with Gasteiger partial charge in [0.05, 0.1) is 20.5 Å². The summed E-state index contributed by atoms with van der Waals surface area (Å²) in [4.78, 5) is 12.1. The van der Waals surface area contributed by atoms with E-state index in [9.17, 15) is 10.1 Å². The van der Waals surface area contributed by atoms with Crippen molar-refractivity contribution in [2.75, 3.05) is 14.1 Å². The number of nitro benzene ring substituents is 1. The topological polar surface area (TPSA) is 46.4 Å². The Hall–Kier alpha value is -0.970. The molecule has 0 radical (unpaired) electrons. The van der Waals surface area contributed by atoms with Crippen molar-refractivity contribution in [1.82, 2.24) is 4.90 Å². The van der Waals surface area contributed by atoms with Gasteiger partial charge in [-0.25, -0.2) is 0 Å². The fraction of sp³-hybridized carbons (Fsp3) is 0.200. The molecule has 0 aliphatic carbocycles. The van der Waals surface area contributed by atoms with Gasteiger partial charge in [-0.3, -0.25) is 10.1 Å². The molecule has 1 aromatic rings. The molecular weight excluding hydrogens is 286 g/mol. The van der Waals surface area contributed by atoms with Crippen LogP contribution in [-0.4, -0.2) is 23.9 Å². The van der Waals surface area contributed by atoms with Gasteiger partial charge in [-0.05, 0) is 18.3 Å². The second-order valence-corrected chi connectivity index (χ2v) is 4.65. The molecule has 0 fully saturated rings. The van der Waals surface area contributed by atoms with E-state index in [-0.39, 0.29) is 26.3 Å². The van der Waals surface area contributed by atoms with Crippen LogP contribution in [0.25, 0.3) is 6.08 Å². The molecule has 0 unspecified atom stereocenters. The van der Waals surface area contributed by atoms with Crippen LogP contribution in [0, 0.1) is 10.1 Å². The zero-order valence-corrected chi connectivity index (χ0v) is 11.3. The molecule has 0 saturated carbocycles. The third-order valence-corrected chi connectivity index (χ3v) is 3.00. The zero-order valence-electron chi connectivity index (χ0n) is 9.08. The van der Waals surface area contributed by atoms with Crippen LogP contribution in [0.5, 0.6) is 0 Å². The van der Waals surface area contributed by atoms with Gasteiger partial charge in [0.2, 0.25) is 0 Å². The highest BCUT2D eigenvalue weighted by atomic mass is 35.5. The first-order valence-electron chi connectivity index (χ1n) is 4.51. The first-order valence-corrected chi connectivity index (χ1v) is 5.64. The van der Waals surface area contributed by atoms with Gasteiger partial charge in [-0.2, -0.15) is 0 Å². The number of halogens is 3. The fourth-order valence-corrected chi connectivity index (χ4v) is 1.90. The monoisotopic (exact) mass is 294 g/mol. The molecule has 0 aliphatic heterocycles. The maximum absolute atomic E-state index is 10.9. The van der Waals surface area contributed by atoms with E-state index in [1.54, 1.807) is 25.2 Å². The van der Waals surface area contributed by atoms with Gasteiger partial charge in [-0.15, -0.1) is 0 Å². The van der Waals surface area contributed by atoms with Crippen molar-refractivity contribution < 1.29 is 4.92 Å². The van der Waals surface area contributed by atoms with Crippen molar-refractivity contribution in [2.45, 2.75) is 0 Å². The van der Waals surface area contributed by atoms with E-state index < -0.39 is 4.92 Å². The number of hydrogen-bond donors (Lipinski definition) is 0. The van der Waals surface area contributed by atoms with Gasteiger partial charge in [0.15, 0.2) is 0 Å². The average Bonchev–Trinajstić information content (AvgIpc) is 2.20. The average molecular weight is 296 g/mol. The van der Waals surface area contributed by atoms with Crippen LogP contribution < -0.4 is 0 Å². The van der Waals surface area contributed by atoms with Crippen molar-refractivity contribution in [2.24, 2.45) is 0 Å². The van der Waals surface area contributed by atoms with Crippen LogP contribution in [0.3, 0.4) is 0 Å². The molecule has 0 bridgehead atoms. The predicted molar refractivity (Wildman–Crippen MR) is 70.8 cm³/mol. The van der Waals surface area contributed by atoms with Gasteiger partial charge in [-0.1, -0.05) is 34.8 Å². The third kappa shape index (κ3) is 3.25. The molecule has 1 aromatic carbocycles. The smallest absolute Gasteiger partial charge is 0.298 e. The lowest BCUT2D eigenvalue weighted by atomic mass is 10.1. The first kappa shape index (κ1) is 14.1. The van der Waals surface area contributed by atoms with Crippen LogP contribution in [0.15, 0.2) is 12.3 Å². The predicted octanol–water partition coefficient (Wildman–Crippen LogP) is 4.09. The minimum absolute atomic E-state index is 0.0605. The fourth-order valence-electron chi connectivity index (χ4n) is 1.16. The maximum Gasteiger partial charge on any atom is 0.298 e. The summed E-state index contributed by atoms with van der Waals surface area (Å²) in [5.74, 6) is 0. The molecule has 0 aromatic heterocycles. The molecule has 7 heteroatoms. The second-order valence-electron chi connectivity index (χ2n) is 3.45. The third-order valence-electron chi connectivity index (χ3n) is 1.91. The van der Waals surface area contributed by atoms with Crippen LogP contribution in [0.1, 0.15) is 5.56 Å². The minimum Gasteiger partial charge on any atom is -0.383 e. The Kier molecular flexibility index (Phi) is 4.62. The molecule has 0 heterocycles. The summed E-state index contributed by atoms with van der Waals surface area (Å²) in [7, 11) is 3.57. The summed E-state index contributed by atoms with van der Waals surface area (Å²) in [5, 5.41) is 11.1. The molecule has 4 nitrogen and oxygen atoms in total. The van der Waals surface area contributed by atoms with Gasteiger partial charge < -0.3 is 4.90 Å². The van der Waals surface area contributed by atoms with E-state index in [1.165, 1.54) is 12.1 Å². The standard InChI is InChI=1S/C10H9Cl3N2O2/c1-14(2)4-3-6-7(11)5-8(12)9(13)10(6)15(16)17/h3-5H,1-2H3. The van der Waals surface area contributed by atoms with E-state index in [4.69, 9.17) is 34.8 Å². The van der Waals surface area contributed by atoms with E-state index in [0.29, 0.717) is 0 Å². The molecular formula is C10H9Cl3N2O2. The lowest BCUT2D eigenvalue weighted by Crippen LogP contribution is -2.01. The van der Waals surface area contributed by atoms with Crippen molar-refractivity contribution in [3.63, 3.8) is 0 Å². The molecule has 1 rings (SSSR count). The van der Waals surface area contributed by atoms with Crippen LogP contribution >= 0.6 is 34.8 Å². The molecule has 0 amide bonds. The molecule has 0 aliphatic rings. The summed E-state index contributed by atoms with van der Waals surface area (Å²) in [5.41, 5.74) is -0.0537. The SMILES string of the molecule is CN(C)C=Cc1c(Cl)cc(Cl)c(Cl)c1[N+](=O)[O-]. The number of rotatable bonds is 3. The Morgan fingerprint density at radius 1 is 1.29 bits per heavy atom. The van der Waals surface area contributed by atoms with Gasteiger partial charge in [0, 0.05) is 14.1 Å². The number of benzene rings is 1. The van der Waals surface area contributed by atoms with Gasteiger partial charge >= 0.3 is 0 Å². The van der Waals surface area contributed by atoms with E-state index in [1.807, 2.05) is 0 Å². The van der Waals surface area contributed by atoms with Crippen LogP contribution in [-0.2, 0) is 0 Å². The number of nitrogens with zero attached hydrogens (tertiary/aromatic N) is 2. The van der Waals surface area contributed by atoms with Crippen molar-refractivity contribution in [1.29, 1.82) is 0 Å². The van der Waals surface area contributed by atoms with Gasteiger partial charge in [0.25, 0.3) is 5.69 Å². The summed E-state index contributed by atoms with van der Waals surface area (Å²) < 4.78 is 0. The lowest BCUT2D eigenvalue weighted by Gasteiger charge is -2.07. The highest BCUT2D eigenvalue weighted by molar-refractivity contribution is 6.45. The molecule has 0 atom stereocenters. The quantitative estimate of drug-likeness (QED) is 0.479. The Labute approximate surface area is 114 Å². The van der Waals surface area contributed by atoms with Crippen molar-refractivity contribution in [3.05, 3.63) is 43.0 Å². The molecule has 0 saturated heterocycles. The molecule has 0 spiro atoms. The Balaban J connectivity index is 3.47. The van der Waals surface area contributed by atoms with Crippen LogP contribution in [0.2, 0.25) is 15.1 Å². The summed E-state index contributed by atoms with van der Waals surface area (Å²) in [6, 6.07) is 1.38. The van der Waals surface area contributed by atoms with Crippen molar-refractivity contribution in [3.8, 4) is 0 Å². The summed E-state index contributed by atoms with van der Waals surface area (Å²) in [6.07, 6.45) is 3.15. The summed E-state index contributed by atoms with van der Waals surface area (Å²) in [6.45, 7) is 0. The Morgan fingerprint density at radius 2 is 1.88 bits per heavy atom. The largest absolute Gasteiger partial charge is 0.383 e. The summed E-state index contributed by atoms with van der Waals surface area (Å²) >= 11 is 17.5. The molecule has 92 valence electrons. The van der Waals surface area contributed by atoms with Crippen LogP contribution in [0.4, 0.5) is 5.69 Å². The highest BCUT2D eigenvalue weighted by Gasteiger charge is 2.23. The Bertz CT molecular complexity index is 487. The zero-order chi connectivity index (χ0) is 13.2. The maximum atomic E-state index is 10.9. The minimum atomic E-state index is -0.602. The molecule has 0 N–H and O–H groups in total. The Morgan fingerprint density at radius 3 is 2.35 bits per heavy atom. The van der Waals surface area contributed by atoms with E-state index in [0.717, 1.165) is 0 Å². The normalized spacial score (nSPS) is 10.9. The van der Waals surface area contributed by atoms with E-state index >= 15 is 0 Å². The van der Waals surface area contributed by atoms with E-state index in [2.05, 4.69) is 0 Å². The first-order chi connectivity index (χ1) is 7.84. The lowest BCUT2D eigenvalue weighted by molar-refractivity contribution is -0.384. The second kappa shape index (κ2) is 5.58. The highest BCUT2D eigenvalue weighted by Crippen LogP contribution is 2.39. The number of hydrogen-bond acceptors (Lipinski definition) is 3. The van der Waals surface area contributed by atoms with Crippen molar-refractivity contribution >= 4 is 46.6 Å². The van der Waals surface area contributed by atoms with Gasteiger partial charge in [0.1, 0.15) is 5.02 Å².